The predicted octanol–water partition coefficient (Wildman–Crippen LogP) is 6.96. The number of rotatable bonds is 4. The maximum Gasteiger partial charge on any atom is 0.329 e. The quantitative estimate of drug-likeness (QED) is 0.192. The van der Waals surface area contributed by atoms with Crippen LogP contribution in [0.4, 0.5) is 0 Å². The average molecular weight is 574 g/mol. The zero-order chi connectivity index (χ0) is 29.7. The minimum Gasteiger partial charge on any atom is -0.480 e. The Balaban J connectivity index is 1.55. The topological polar surface area (TPSA) is 94.9 Å². The lowest BCUT2D eigenvalue weighted by atomic mass is 9.33. The third-order valence-corrected chi connectivity index (χ3v) is 14.1. The summed E-state index contributed by atoms with van der Waals surface area (Å²) in [6.45, 7) is 16.2. The Bertz CT molecular complexity index is 1150. The van der Waals surface area contributed by atoms with E-state index in [-0.39, 0.29) is 50.4 Å². The normalized spacial score (nSPS) is 46.6. The molecule has 5 rings (SSSR count). The Labute approximate surface area is 246 Å². The van der Waals surface area contributed by atoms with Crippen molar-refractivity contribution in [3.63, 3.8) is 0 Å². The van der Waals surface area contributed by atoms with E-state index in [1.54, 1.807) is 0 Å². The van der Waals surface area contributed by atoms with Gasteiger partial charge in [0.2, 0.25) is 0 Å². The number of fused-ring (bicyclic) bond motifs is 7. The molecule has 0 bridgehead atoms. The summed E-state index contributed by atoms with van der Waals surface area (Å²) in [5.74, 6) is -1.11. The number of amides is 1. The van der Waals surface area contributed by atoms with Crippen molar-refractivity contribution in [2.75, 3.05) is 5.75 Å². The molecule has 3 unspecified atom stereocenters. The fourth-order valence-electron chi connectivity index (χ4n) is 11.1. The van der Waals surface area contributed by atoms with E-state index in [4.69, 9.17) is 0 Å². The highest BCUT2D eigenvalue weighted by Gasteiger charge is 2.69. The zero-order valence-corrected chi connectivity index (χ0v) is 26.6. The molecular weight excluding hydrogens is 522 g/mol. The number of hydrogen-bond donors (Lipinski definition) is 3. The maximum atomic E-state index is 14.4. The van der Waals surface area contributed by atoms with Crippen LogP contribution in [0.5, 0.6) is 0 Å². The average Bonchev–Trinajstić information content (AvgIpc) is 2.85. The molecule has 4 fully saturated rings. The van der Waals surface area contributed by atoms with E-state index < -0.39 is 23.3 Å². The molecule has 6 nitrogen and oxygen atoms in total. The molecule has 5 aliphatic carbocycles. The second kappa shape index (κ2) is 9.33. The molecule has 5 aliphatic rings. The number of carboxylic acids is 1. The van der Waals surface area contributed by atoms with Gasteiger partial charge in [0.05, 0.1) is 0 Å². The SMILES string of the molecule is CC1(C(=O)N(O)[C@@H](CS)C(=O)O)CC[C@]2(C)CC[C@]3(C)C(=CC(=O)C4[C@@]5(C)CCCC(C)(C)C5CC[C@]43C)[C@@H]2C1. The molecule has 40 heavy (non-hydrogen) atoms. The molecule has 0 aromatic carbocycles. The van der Waals surface area contributed by atoms with Crippen LogP contribution in [0.3, 0.4) is 0 Å². The van der Waals surface area contributed by atoms with Gasteiger partial charge < -0.3 is 5.11 Å². The van der Waals surface area contributed by atoms with Crippen LogP contribution in [-0.2, 0) is 14.4 Å². The van der Waals surface area contributed by atoms with Gasteiger partial charge in [-0.1, -0.05) is 60.5 Å². The van der Waals surface area contributed by atoms with Crippen molar-refractivity contribution in [1.82, 2.24) is 5.06 Å². The number of hydroxylamine groups is 2. The van der Waals surface area contributed by atoms with Crippen molar-refractivity contribution in [2.45, 2.75) is 119 Å². The number of hydrogen-bond acceptors (Lipinski definition) is 5. The highest BCUT2D eigenvalue weighted by molar-refractivity contribution is 7.80. The molecule has 0 radical (unpaired) electrons. The van der Waals surface area contributed by atoms with Gasteiger partial charge >= 0.3 is 5.97 Å². The minimum absolute atomic E-state index is 0.00711. The molecule has 7 heteroatoms. The Morgan fingerprint density at radius 1 is 1.00 bits per heavy atom. The second-order valence-electron chi connectivity index (χ2n) is 16.3. The fraction of sp³-hybridized carbons (Fsp3) is 0.848. The van der Waals surface area contributed by atoms with Crippen LogP contribution in [0.2, 0.25) is 0 Å². The molecule has 0 spiro atoms. The molecule has 4 saturated carbocycles. The lowest BCUT2D eigenvalue weighted by Gasteiger charge is -2.70. The monoisotopic (exact) mass is 573 g/mol. The lowest BCUT2D eigenvalue weighted by Crippen LogP contribution is -2.65. The van der Waals surface area contributed by atoms with Crippen LogP contribution < -0.4 is 0 Å². The summed E-state index contributed by atoms with van der Waals surface area (Å²) in [4.78, 5) is 39.8. The Morgan fingerprint density at radius 3 is 2.27 bits per heavy atom. The first-order chi connectivity index (χ1) is 18.4. The number of thiol groups is 1. The minimum atomic E-state index is -1.39. The number of carbonyl (C=O) groups is 3. The van der Waals surface area contributed by atoms with Crippen molar-refractivity contribution < 1.29 is 24.7 Å². The van der Waals surface area contributed by atoms with Gasteiger partial charge in [0, 0.05) is 17.1 Å². The van der Waals surface area contributed by atoms with Crippen LogP contribution in [-0.4, -0.2) is 44.8 Å². The second-order valence-corrected chi connectivity index (χ2v) is 16.6. The van der Waals surface area contributed by atoms with E-state index in [1.807, 2.05) is 13.0 Å². The lowest BCUT2D eigenvalue weighted by molar-refractivity contribution is -0.198. The van der Waals surface area contributed by atoms with E-state index in [0.29, 0.717) is 23.8 Å². The van der Waals surface area contributed by atoms with Crippen molar-refractivity contribution in [2.24, 2.45) is 50.2 Å². The number of carboxylic acid groups (broad SMARTS) is 1. The predicted molar refractivity (Wildman–Crippen MR) is 158 cm³/mol. The molecule has 224 valence electrons. The third-order valence-electron chi connectivity index (χ3n) is 13.8. The summed E-state index contributed by atoms with van der Waals surface area (Å²) in [5.41, 5.74) is 0.230. The number of aliphatic carboxylic acids is 1. The molecule has 0 aromatic rings. The van der Waals surface area contributed by atoms with Crippen molar-refractivity contribution in [3.05, 3.63) is 11.6 Å². The van der Waals surface area contributed by atoms with Crippen LogP contribution in [0, 0.1) is 50.2 Å². The van der Waals surface area contributed by atoms with Crippen LogP contribution >= 0.6 is 12.6 Å². The van der Waals surface area contributed by atoms with E-state index in [2.05, 4.69) is 54.2 Å². The Morgan fingerprint density at radius 2 is 1.65 bits per heavy atom. The smallest absolute Gasteiger partial charge is 0.329 e. The molecule has 0 heterocycles. The zero-order valence-electron chi connectivity index (χ0n) is 25.7. The molecular formula is C33H51NO5S. The molecule has 0 saturated heterocycles. The number of carbonyl (C=O) groups excluding carboxylic acids is 2. The Hall–Kier alpha value is -1.34. The first-order valence-electron chi connectivity index (χ1n) is 15.5. The standard InChI is InChI=1S/C33H51NO5S/c1-28(2)10-8-11-31(5)24(28)9-12-33(7)25(31)23(35)17-20-21-18-30(4,27(38)34(39)22(19-40)26(36)37)14-13-29(21,3)15-16-32(20,33)6/h17,21-22,24-25,39-40H,8-16,18-19H2,1-7H3,(H,36,37)/t21-,22-,24?,25?,29+,30?,31-,32+,33+/m0/s1. The summed E-state index contributed by atoms with van der Waals surface area (Å²) in [7, 11) is 0. The summed E-state index contributed by atoms with van der Waals surface area (Å²) in [6.07, 6.45) is 11.8. The molecule has 9 atom stereocenters. The summed E-state index contributed by atoms with van der Waals surface area (Å²) >= 11 is 4.07. The van der Waals surface area contributed by atoms with Gasteiger partial charge in [-0.15, -0.1) is 0 Å². The summed E-state index contributed by atoms with van der Waals surface area (Å²) < 4.78 is 0. The van der Waals surface area contributed by atoms with Crippen molar-refractivity contribution in [3.8, 4) is 0 Å². The number of allylic oxidation sites excluding steroid dienone is 2. The first kappa shape index (κ1) is 30.1. The summed E-state index contributed by atoms with van der Waals surface area (Å²) in [6, 6.07) is -1.39. The van der Waals surface area contributed by atoms with Gasteiger partial charge in [-0.2, -0.15) is 12.6 Å². The number of ketones is 1. The highest BCUT2D eigenvalue weighted by Crippen LogP contribution is 2.75. The largest absolute Gasteiger partial charge is 0.480 e. The molecule has 0 aliphatic heterocycles. The van der Waals surface area contributed by atoms with Gasteiger partial charge in [-0.3, -0.25) is 14.8 Å². The van der Waals surface area contributed by atoms with Gasteiger partial charge in [0.15, 0.2) is 11.8 Å². The third kappa shape index (κ3) is 3.95. The first-order valence-corrected chi connectivity index (χ1v) is 16.2. The fourth-order valence-corrected chi connectivity index (χ4v) is 11.5. The Kier molecular flexibility index (Phi) is 7.03. The van der Waals surface area contributed by atoms with Gasteiger partial charge in [0.25, 0.3) is 5.91 Å². The molecule has 1 amide bonds. The van der Waals surface area contributed by atoms with Crippen LogP contribution in [0.15, 0.2) is 11.6 Å². The summed E-state index contributed by atoms with van der Waals surface area (Å²) in [5, 5.41) is 20.7. The molecule has 0 aromatic heterocycles. The van der Waals surface area contributed by atoms with Crippen molar-refractivity contribution in [1.29, 1.82) is 0 Å². The van der Waals surface area contributed by atoms with Crippen LogP contribution in [0.25, 0.3) is 0 Å². The van der Waals surface area contributed by atoms with E-state index in [0.717, 1.165) is 38.5 Å². The van der Waals surface area contributed by atoms with Crippen LogP contribution in [0.1, 0.15) is 113 Å². The van der Waals surface area contributed by atoms with E-state index in [1.165, 1.54) is 18.4 Å². The number of nitrogens with zero attached hydrogens (tertiary/aromatic N) is 1. The van der Waals surface area contributed by atoms with E-state index >= 15 is 0 Å². The van der Waals surface area contributed by atoms with Gasteiger partial charge in [0.1, 0.15) is 0 Å². The van der Waals surface area contributed by atoms with Crippen molar-refractivity contribution >= 4 is 30.3 Å². The van der Waals surface area contributed by atoms with Gasteiger partial charge in [-0.05, 0) is 103 Å². The highest BCUT2D eigenvalue weighted by atomic mass is 32.1. The van der Waals surface area contributed by atoms with E-state index in [9.17, 15) is 24.7 Å². The van der Waals surface area contributed by atoms with Gasteiger partial charge in [-0.25, -0.2) is 9.86 Å². The molecule has 2 N–H and O–H groups in total. The maximum absolute atomic E-state index is 14.4.